The van der Waals surface area contributed by atoms with Gasteiger partial charge >= 0.3 is 5.91 Å². The number of nitrogens with zero attached hydrogens (tertiary/aromatic N) is 1. The van der Waals surface area contributed by atoms with E-state index >= 15 is 0 Å². The lowest BCUT2D eigenvalue weighted by Crippen LogP contribution is -2.01. The fourth-order valence-corrected chi connectivity index (χ4v) is 2.25. The molecule has 1 aromatic carbocycles. The predicted octanol–water partition coefficient (Wildman–Crippen LogP) is 1.20. The van der Waals surface area contributed by atoms with Crippen molar-refractivity contribution < 1.29 is 9.59 Å². The Morgan fingerprint density at radius 1 is 1.14 bits per heavy atom. The van der Waals surface area contributed by atoms with Crippen molar-refractivity contribution in [2.24, 2.45) is 4.99 Å². The number of rotatable bonds is 1. The molecule has 1 heterocycles. The molecule has 14 heavy (non-hydrogen) atoms. The van der Waals surface area contributed by atoms with Crippen molar-refractivity contribution in [2.75, 3.05) is 0 Å². The van der Waals surface area contributed by atoms with E-state index < -0.39 is 21.5 Å². The lowest BCUT2D eigenvalue weighted by Gasteiger charge is -1.93. The number of aliphatic imine (C=N–C) groups is 1. The van der Waals surface area contributed by atoms with E-state index in [-0.39, 0.29) is 0 Å². The average Bonchev–Trinajstić information content (AvgIpc) is 2.52. The maximum Gasteiger partial charge on any atom is 0.324 e. The van der Waals surface area contributed by atoms with Gasteiger partial charge in [0, 0.05) is 0 Å². The quantitative estimate of drug-likeness (QED) is 0.511. The first-order valence-electron chi connectivity index (χ1n) is 4.01. The van der Waals surface area contributed by atoms with E-state index in [1.165, 1.54) is 5.55 Å². The highest BCUT2D eigenvalue weighted by molar-refractivity contribution is 8.39. The number of hydrogen-bond acceptors (Lipinski definition) is 2. The summed E-state index contributed by atoms with van der Waals surface area (Å²) in [4.78, 5) is 25.5. The van der Waals surface area contributed by atoms with E-state index in [2.05, 4.69) is 4.99 Å². The van der Waals surface area contributed by atoms with Gasteiger partial charge in [-0.1, -0.05) is 40.8 Å². The lowest BCUT2D eigenvalue weighted by atomic mass is 10.2. The molecule has 0 aromatic heterocycles. The topological polar surface area (TPSA) is 46.5 Å². The van der Waals surface area contributed by atoms with Crippen LogP contribution in [0.1, 0.15) is 5.56 Å². The van der Waals surface area contributed by atoms with E-state index in [9.17, 15) is 9.59 Å². The summed E-state index contributed by atoms with van der Waals surface area (Å²) in [5, 5.41) is 1.34. The SMILES string of the molecule is O=C1N=CS(=Cc2ccccc2)C1=O. The van der Waals surface area contributed by atoms with Crippen molar-refractivity contribution >= 4 is 32.4 Å². The van der Waals surface area contributed by atoms with Crippen LogP contribution in [-0.4, -0.2) is 21.9 Å². The van der Waals surface area contributed by atoms with Crippen LogP contribution in [-0.2, 0) is 9.59 Å². The minimum atomic E-state index is -0.758. The molecule has 1 aromatic rings. The maximum atomic E-state index is 11.2. The van der Waals surface area contributed by atoms with Crippen molar-refractivity contribution in [1.82, 2.24) is 0 Å². The van der Waals surface area contributed by atoms with Crippen molar-refractivity contribution in [3.8, 4) is 0 Å². The maximum absolute atomic E-state index is 11.2. The molecular formula is C10H7NO2S. The van der Waals surface area contributed by atoms with E-state index in [1.54, 1.807) is 5.37 Å². The van der Waals surface area contributed by atoms with Crippen LogP contribution in [0.5, 0.6) is 0 Å². The Bertz CT molecular complexity index is 448. The first-order chi connectivity index (χ1) is 6.77. The minimum absolute atomic E-state index is 0.422. The standard InChI is InChI=1S/C10H7NO2S/c12-9-10(13)14(7-11-9)6-8-4-2-1-3-5-8/h1-7H. The van der Waals surface area contributed by atoms with Crippen LogP contribution in [0.3, 0.4) is 0 Å². The molecule has 1 aliphatic rings. The van der Waals surface area contributed by atoms with Crippen LogP contribution in [0.4, 0.5) is 0 Å². The van der Waals surface area contributed by atoms with E-state index in [0.29, 0.717) is 0 Å². The molecule has 0 bridgehead atoms. The Labute approximate surface area is 83.4 Å². The van der Waals surface area contributed by atoms with Gasteiger partial charge in [0.05, 0.1) is 5.55 Å². The second-order valence-electron chi connectivity index (χ2n) is 2.73. The normalized spacial score (nSPS) is 20.7. The molecule has 1 atom stereocenters. The molecule has 0 saturated carbocycles. The minimum Gasteiger partial charge on any atom is -0.276 e. The molecule has 0 fully saturated rings. The van der Waals surface area contributed by atoms with Crippen LogP contribution in [0.15, 0.2) is 35.3 Å². The van der Waals surface area contributed by atoms with Gasteiger partial charge in [0.2, 0.25) is 0 Å². The van der Waals surface area contributed by atoms with Crippen molar-refractivity contribution in [1.29, 1.82) is 0 Å². The van der Waals surface area contributed by atoms with Crippen molar-refractivity contribution in [3.63, 3.8) is 0 Å². The highest BCUT2D eigenvalue weighted by Gasteiger charge is 2.21. The predicted molar refractivity (Wildman–Crippen MR) is 57.7 cm³/mol. The molecule has 1 amide bonds. The van der Waals surface area contributed by atoms with Crippen LogP contribution in [0.25, 0.3) is 0 Å². The Kier molecular flexibility index (Phi) is 2.37. The first kappa shape index (κ1) is 9.02. The highest BCUT2D eigenvalue weighted by Crippen LogP contribution is 2.18. The third-order valence-electron chi connectivity index (χ3n) is 1.73. The summed E-state index contributed by atoms with van der Waals surface area (Å²) in [6.45, 7) is 0. The van der Waals surface area contributed by atoms with Gasteiger partial charge in [-0.15, -0.1) is 0 Å². The highest BCUT2D eigenvalue weighted by atomic mass is 32.2. The third kappa shape index (κ3) is 1.70. The number of hydrogen-bond donors (Lipinski definition) is 0. The molecule has 0 saturated heterocycles. The summed E-state index contributed by atoms with van der Waals surface area (Å²) in [5.41, 5.74) is 2.35. The largest absolute Gasteiger partial charge is 0.324 e. The van der Waals surface area contributed by atoms with Crippen LogP contribution in [0, 0.1) is 0 Å². The number of amides is 1. The Morgan fingerprint density at radius 3 is 2.43 bits per heavy atom. The molecule has 3 nitrogen and oxygen atoms in total. The molecule has 0 aliphatic carbocycles. The molecule has 0 radical (unpaired) electrons. The summed E-state index contributed by atoms with van der Waals surface area (Å²) in [6.07, 6.45) is 0. The molecule has 0 spiro atoms. The Hall–Kier alpha value is -1.55. The zero-order valence-corrected chi connectivity index (χ0v) is 8.03. The van der Waals surface area contributed by atoms with Gasteiger partial charge in [0.25, 0.3) is 5.12 Å². The fourth-order valence-electron chi connectivity index (χ4n) is 1.07. The smallest absolute Gasteiger partial charge is 0.276 e. The third-order valence-corrected chi connectivity index (χ3v) is 3.20. The molecule has 2 rings (SSSR count). The van der Waals surface area contributed by atoms with E-state index in [4.69, 9.17) is 0 Å². The fraction of sp³-hybridized carbons (Fsp3) is 0. The molecule has 0 N–H and O–H groups in total. The van der Waals surface area contributed by atoms with Gasteiger partial charge in [-0.25, -0.2) is 4.99 Å². The van der Waals surface area contributed by atoms with Gasteiger partial charge in [-0.2, -0.15) is 0 Å². The zero-order valence-electron chi connectivity index (χ0n) is 7.21. The number of benzene rings is 1. The first-order valence-corrected chi connectivity index (χ1v) is 5.37. The summed E-state index contributed by atoms with van der Waals surface area (Å²) in [5.74, 6) is -0.638. The summed E-state index contributed by atoms with van der Waals surface area (Å²) < 4.78 is 0. The monoisotopic (exact) mass is 205 g/mol. The van der Waals surface area contributed by atoms with Crippen molar-refractivity contribution in [2.45, 2.75) is 0 Å². The Morgan fingerprint density at radius 2 is 1.86 bits per heavy atom. The molecule has 70 valence electrons. The van der Waals surface area contributed by atoms with E-state index in [1.807, 2.05) is 30.3 Å². The van der Waals surface area contributed by atoms with Crippen LogP contribution >= 0.6 is 10.5 Å². The van der Waals surface area contributed by atoms with Crippen LogP contribution < -0.4 is 0 Å². The second kappa shape index (κ2) is 3.67. The molecule has 1 aliphatic heterocycles. The van der Waals surface area contributed by atoms with Gasteiger partial charge in [0.1, 0.15) is 0 Å². The van der Waals surface area contributed by atoms with Crippen molar-refractivity contribution in [3.05, 3.63) is 35.9 Å². The summed E-state index contributed by atoms with van der Waals surface area (Å²) >= 11 is 0. The molecular weight excluding hydrogens is 198 g/mol. The summed E-state index contributed by atoms with van der Waals surface area (Å²) in [7, 11) is -0.758. The summed E-state index contributed by atoms with van der Waals surface area (Å²) in [6, 6.07) is 9.44. The van der Waals surface area contributed by atoms with Gasteiger partial charge in [-0.05, 0) is 10.9 Å². The van der Waals surface area contributed by atoms with Gasteiger partial charge < -0.3 is 0 Å². The van der Waals surface area contributed by atoms with Gasteiger partial charge in [-0.3, -0.25) is 9.59 Å². The van der Waals surface area contributed by atoms with Crippen LogP contribution in [0.2, 0.25) is 0 Å². The molecule has 4 heteroatoms. The van der Waals surface area contributed by atoms with Gasteiger partial charge in [0.15, 0.2) is 0 Å². The number of carbonyl (C=O) groups excluding carboxylic acids is 2. The number of carbonyl (C=O) groups is 2. The molecule has 1 unspecified atom stereocenters. The van der Waals surface area contributed by atoms with E-state index in [0.717, 1.165) is 5.56 Å². The zero-order chi connectivity index (χ0) is 9.97. The second-order valence-corrected chi connectivity index (χ2v) is 4.29. The Balaban J connectivity index is 2.34. The average molecular weight is 205 g/mol. The lowest BCUT2D eigenvalue weighted by molar-refractivity contribution is -0.130.